The van der Waals surface area contributed by atoms with Gasteiger partial charge in [0.15, 0.2) is 5.69 Å². The molecule has 1 aliphatic carbocycles. The summed E-state index contributed by atoms with van der Waals surface area (Å²) in [5.74, 6) is -3.01. The SMILES string of the molecule is COC[C@H]1C[C@]2(CN(C)C(=O)c3c(OC(=O)CN(C)C)c(=O)c(C(=O)NCc4cccc(Cl)c4F)cn32)C1. The van der Waals surface area contributed by atoms with E-state index in [-0.39, 0.29) is 40.9 Å². The summed E-state index contributed by atoms with van der Waals surface area (Å²) in [4.78, 5) is 55.6. The highest BCUT2D eigenvalue weighted by Gasteiger charge is 2.52. The van der Waals surface area contributed by atoms with E-state index in [0.717, 1.165) is 0 Å². The third-order valence-electron chi connectivity index (χ3n) is 6.87. The van der Waals surface area contributed by atoms with E-state index in [2.05, 4.69) is 5.32 Å². The summed E-state index contributed by atoms with van der Waals surface area (Å²) in [5, 5.41) is 2.44. The van der Waals surface area contributed by atoms with Crippen molar-refractivity contribution in [1.82, 2.24) is 19.7 Å². The van der Waals surface area contributed by atoms with Gasteiger partial charge in [-0.05, 0) is 38.9 Å². The predicted octanol–water partition coefficient (Wildman–Crippen LogP) is 1.88. The molecule has 10 nitrogen and oxygen atoms in total. The van der Waals surface area contributed by atoms with Crippen LogP contribution < -0.4 is 15.5 Å². The minimum atomic E-state index is -0.904. The molecule has 1 aromatic heterocycles. The largest absolute Gasteiger partial charge is 0.419 e. The fraction of sp³-hybridized carbons (Fsp3) is 0.462. The number of nitrogens with one attached hydrogen (secondary N) is 1. The zero-order valence-electron chi connectivity index (χ0n) is 21.7. The minimum absolute atomic E-state index is 0.0795. The third-order valence-corrected chi connectivity index (χ3v) is 7.17. The number of benzene rings is 1. The van der Waals surface area contributed by atoms with Crippen LogP contribution in [0, 0.1) is 11.7 Å². The van der Waals surface area contributed by atoms with Crippen molar-refractivity contribution in [1.29, 1.82) is 0 Å². The Bertz CT molecular complexity index is 1340. The van der Waals surface area contributed by atoms with E-state index in [1.807, 2.05) is 0 Å². The standard InChI is InChI=1S/C26H30ClFN4O6/c1-30(2)12-19(33)38-23-21-25(36)31(3)14-26(8-15(9-26)13-37-4)32(21)11-17(22(23)34)24(35)29-10-16-6-5-7-18(27)20(16)28/h5-7,11,15H,8-10,12-14H2,1-4H3,(H,29,35)/t15-,26+. The summed E-state index contributed by atoms with van der Waals surface area (Å²) in [6, 6.07) is 4.39. The lowest BCUT2D eigenvalue weighted by Gasteiger charge is -2.54. The van der Waals surface area contributed by atoms with Crippen LogP contribution in [0.3, 0.4) is 0 Å². The summed E-state index contributed by atoms with van der Waals surface area (Å²) >= 11 is 5.83. The first-order valence-corrected chi connectivity index (χ1v) is 12.5. The first-order chi connectivity index (χ1) is 18.0. The third kappa shape index (κ3) is 5.18. The molecule has 0 bridgehead atoms. The van der Waals surface area contributed by atoms with Gasteiger partial charge in [-0.1, -0.05) is 23.7 Å². The van der Waals surface area contributed by atoms with Crippen molar-refractivity contribution in [2.45, 2.75) is 24.9 Å². The molecular formula is C26H30ClFN4O6. The van der Waals surface area contributed by atoms with Gasteiger partial charge < -0.3 is 24.3 Å². The van der Waals surface area contributed by atoms with E-state index in [1.165, 1.54) is 23.2 Å². The van der Waals surface area contributed by atoms with Crippen molar-refractivity contribution in [3.05, 3.63) is 62.3 Å². The van der Waals surface area contributed by atoms with E-state index in [4.69, 9.17) is 21.1 Å². The fourth-order valence-electron chi connectivity index (χ4n) is 5.25. The van der Waals surface area contributed by atoms with Crippen molar-refractivity contribution in [3.63, 3.8) is 0 Å². The Morgan fingerprint density at radius 3 is 2.63 bits per heavy atom. The summed E-state index contributed by atoms with van der Waals surface area (Å²) < 4.78 is 26.7. The maximum absolute atomic E-state index is 14.3. The summed E-state index contributed by atoms with van der Waals surface area (Å²) in [7, 11) is 6.54. The lowest BCUT2D eigenvalue weighted by molar-refractivity contribution is -0.135. The molecule has 4 rings (SSSR count). The molecule has 0 saturated heterocycles. The number of esters is 1. The molecule has 12 heteroatoms. The average Bonchev–Trinajstić information content (AvgIpc) is 2.82. The number of likely N-dealkylation sites (N-methyl/N-ethyl adjacent to an activating group) is 2. The van der Waals surface area contributed by atoms with Crippen molar-refractivity contribution in [3.8, 4) is 5.75 Å². The average molecular weight is 549 g/mol. The number of carbonyl (C=O) groups excluding carboxylic acids is 3. The van der Waals surface area contributed by atoms with Gasteiger partial charge >= 0.3 is 5.97 Å². The van der Waals surface area contributed by atoms with Crippen LogP contribution in [0.2, 0.25) is 5.02 Å². The number of ether oxygens (including phenoxy) is 2. The highest BCUT2D eigenvalue weighted by molar-refractivity contribution is 6.30. The number of carbonyl (C=O) groups is 3. The highest BCUT2D eigenvalue weighted by atomic mass is 35.5. The lowest BCUT2D eigenvalue weighted by Crippen LogP contribution is -2.60. The Balaban J connectivity index is 1.78. The van der Waals surface area contributed by atoms with Crippen LogP contribution in [0.25, 0.3) is 0 Å². The Morgan fingerprint density at radius 1 is 1.26 bits per heavy atom. The van der Waals surface area contributed by atoms with Gasteiger partial charge in [0.25, 0.3) is 11.8 Å². The van der Waals surface area contributed by atoms with Gasteiger partial charge in [-0.15, -0.1) is 0 Å². The number of rotatable bonds is 8. The quantitative estimate of drug-likeness (QED) is 0.502. The van der Waals surface area contributed by atoms with Crippen LogP contribution in [0.1, 0.15) is 39.3 Å². The molecule has 1 aliphatic heterocycles. The molecule has 38 heavy (non-hydrogen) atoms. The van der Waals surface area contributed by atoms with Crippen LogP contribution in [-0.2, 0) is 21.6 Å². The number of halogens is 2. The smallest absolute Gasteiger partial charge is 0.325 e. The maximum atomic E-state index is 14.3. The van der Waals surface area contributed by atoms with E-state index in [0.29, 0.717) is 26.0 Å². The van der Waals surface area contributed by atoms with E-state index in [9.17, 15) is 23.6 Å². The molecular weight excluding hydrogens is 519 g/mol. The molecule has 2 heterocycles. The molecule has 204 valence electrons. The van der Waals surface area contributed by atoms with Crippen molar-refractivity contribution < 1.29 is 28.2 Å². The molecule has 2 aliphatic rings. The second kappa shape index (κ2) is 10.8. The Hall–Kier alpha value is -3.28. The molecule has 2 aromatic rings. The fourth-order valence-corrected chi connectivity index (χ4v) is 5.44. The van der Waals surface area contributed by atoms with Gasteiger partial charge in [0.05, 0.1) is 17.1 Å². The van der Waals surface area contributed by atoms with Crippen molar-refractivity contribution in [2.75, 3.05) is 47.9 Å². The number of methoxy groups -OCH3 is 1. The molecule has 1 N–H and O–H groups in total. The molecule has 1 fully saturated rings. The second-order valence-corrected chi connectivity index (χ2v) is 10.5. The van der Waals surface area contributed by atoms with E-state index < -0.39 is 40.3 Å². The normalized spacial score (nSPS) is 20.3. The van der Waals surface area contributed by atoms with Gasteiger partial charge in [-0.3, -0.25) is 24.1 Å². The zero-order chi connectivity index (χ0) is 27.8. The van der Waals surface area contributed by atoms with Crippen molar-refractivity contribution >= 4 is 29.4 Å². The van der Waals surface area contributed by atoms with Gasteiger partial charge in [0, 0.05) is 45.6 Å². The number of hydrogen-bond acceptors (Lipinski definition) is 7. The minimum Gasteiger partial charge on any atom is -0.419 e. The van der Waals surface area contributed by atoms with Gasteiger partial charge in [-0.2, -0.15) is 0 Å². The van der Waals surface area contributed by atoms with Gasteiger partial charge in [0.1, 0.15) is 11.4 Å². The van der Waals surface area contributed by atoms with E-state index in [1.54, 1.807) is 43.8 Å². The summed E-state index contributed by atoms with van der Waals surface area (Å²) in [6.45, 7) is 0.499. The first kappa shape index (κ1) is 27.7. The van der Waals surface area contributed by atoms with Crippen LogP contribution in [-0.4, -0.2) is 80.1 Å². The van der Waals surface area contributed by atoms with Gasteiger partial charge in [-0.25, -0.2) is 4.39 Å². The Morgan fingerprint density at radius 2 is 1.97 bits per heavy atom. The highest BCUT2D eigenvalue weighted by Crippen LogP contribution is 2.48. The van der Waals surface area contributed by atoms with Crippen LogP contribution in [0.15, 0.2) is 29.2 Å². The topological polar surface area (TPSA) is 110 Å². The number of aromatic nitrogens is 1. The number of hydrogen-bond donors (Lipinski definition) is 1. The summed E-state index contributed by atoms with van der Waals surface area (Å²) in [5.41, 5.74) is -1.78. The zero-order valence-corrected chi connectivity index (χ0v) is 22.4. The molecule has 0 atom stereocenters. The number of nitrogens with zero attached hydrogens (tertiary/aromatic N) is 3. The Labute approximate surface area is 224 Å². The molecule has 2 amide bonds. The molecule has 0 unspecified atom stereocenters. The predicted molar refractivity (Wildman–Crippen MR) is 137 cm³/mol. The molecule has 0 radical (unpaired) electrons. The van der Waals surface area contributed by atoms with E-state index >= 15 is 0 Å². The number of pyridine rings is 1. The maximum Gasteiger partial charge on any atom is 0.325 e. The first-order valence-electron chi connectivity index (χ1n) is 12.1. The number of amides is 2. The van der Waals surface area contributed by atoms with Crippen LogP contribution in [0.5, 0.6) is 5.75 Å². The molecule has 1 aromatic carbocycles. The Kier molecular flexibility index (Phi) is 7.91. The lowest BCUT2D eigenvalue weighted by atomic mass is 9.67. The molecule has 1 saturated carbocycles. The number of fused-ring (bicyclic) bond motifs is 2. The second-order valence-electron chi connectivity index (χ2n) is 10.1. The van der Waals surface area contributed by atoms with Gasteiger partial charge in [0.2, 0.25) is 11.2 Å². The summed E-state index contributed by atoms with van der Waals surface area (Å²) in [6.07, 6.45) is 2.61. The van der Waals surface area contributed by atoms with Crippen LogP contribution >= 0.6 is 11.6 Å². The molecule has 1 spiro atoms. The van der Waals surface area contributed by atoms with Crippen molar-refractivity contribution in [2.24, 2.45) is 5.92 Å². The monoisotopic (exact) mass is 548 g/mol. The van der Waals surface area contributed by atoms with Crippen LogP contribution in [0.4, 0.5) is 4.39 Å².